The molecule has 0 aliphatic heterocycles. The van der Waals surface area contributed by atoms with Crippen molar-refractivity contribution in [3.05, 3.63) is 38.4 Å². The number of nitro groups is 2. The highest BCUT2D eigenvalue weighted by atomic mass is 32.2. The summed E-state index contributed by atoms with van der Waals surface area (Å²) in [6.07, 6.45) is 0. The van der Waals surface area contributed by atoms with E-state index in [9.17, 15) is 28.6 Å². The third-order valence-corrected chi connectivity index (χ3v) is 4.36. The van der Waals surface area contributed by atoms with Crippen molar-refractivity contribution in [1.29, 1.82) is 0 Å². The molecule has 0 spiro atoms. The Balaban J connectivity index is 3.44. The molecule has 0 amide bonds. The summed E-state index contributed by atoms with van der Waals surface area (Å²) in [6.45, 7) is 3.32. The van der Waals surface area contributed by atoms with Gasteiger partial charge in [0.15, 0.2) is 9.84 Å². The first kappa shape index (κ1) is 15.0. The molecule has 0 saturated carbocycles. The summed E-state index contributed by atoms with van der Waals surface area (Å²) in [6, 6.07) is 2.52. The normalized spacial score (nSPS) is 11.5. The zero-order valence-electron chi connectivity index (χ0n) is 10.3. The number of non-ortho nitro benzene ring substituents is 1. The highest BCUT2D eigenvalue weighted by Crippen LogP contribution is 2.29. The summed E-state index contributed by atoms with van der Waals surface area (Å²) in [5.74, 6) is -0.467. The van der Waals surface area contributed by atoms with E-state index in [1.165, 1.54) is 0 Å². The number of sulfone groups is 1. The minimum atomic E-state index is -3.84. The highest BCUT2D eigenvalue weighted by Gasteiger charge is 2.28. The Morgan fingerprint density at radius 2 is 1.74 bits per heavy atom. The number of benzene rings is 1. The van der Waals surface area contributed by atoms with Crippen molar-refractivity contribution in [3.8, 4) is 0 Å². The van der Waals surface area contributed by atoms with Crippen LogP contribution in [0.5, 0.6) is 0 Å². The summed E-state index contributed by atoms with van der Waals surface area (Å²) in [5.41, 5.74) is -1.29. The van der Waals surface area contributed by atoms with E-state index in [0.29, 0.717) is 6.07 Å². The molecule has 0 saturated heterocycles. The van der Waals surface area contributed by atoms with Crippen LogP contribution < -0.4 is 0 Å². The maximum absolute atomic E-state index is 12.0. The van der Waals surface area contributed by atoms with Crippen LogP contribution in [0.1, 0.15) is 13.8 Å². The average Bonchev–Trinajstić information content (AvgIpc) is 2.26. The summed E-state index contributed by atoms with van der Waals surface area (Å²) >= 11 is 0. The van der Waals surface area contributed by atoms with E-state index in [-0.39, 0.29) is 11.7 Å². The maximum Gasteiger partial charge on any atom is 0.294 e. The Kier molecular flexibility index (Phi) is 4.20. The summed E-state index contributed by atoms with van der Waals surface area (Å²) < 4.78 is 23.9. The smallest absolute Gasteiger partial charge is 0.258 e. The molecule has 0 radical (unpaired) electrons. The highest BCUT2D eigenvalue weighted by molar-refractivity contribution is 7.91. The first-order valence-corrected chi connectivity index (χ1v) is 6.96. The molecular weight excluding hydrogens is 276 g/mol. The molecule has 0 aliphatic rings. The van der Waals surface area contributed by atoms with E-state index in [1.54, 1.807) is 13.8 Å². The van der Waals surface area contributed by atoms with E-state index in [1.807, 2.05) is 0 Å². The van der Waals surface area contributed by atoms with E-state index >= 15 is 0 Å². The van der Waals surface area contributed by atoms with E-state index in [0.717, 1.165) is 12.1 Å². The van der Waals surface area contributed by atoms with Crippen molar-refractivity contribution in [1.82, 2.24) is 0 Å². The van der Waals surface area contributed by atoms with Gasteiger partial charge in [-0.05, 0) is 12.0 Å². The molecular formula is C10H12N2O6S. The van der Waals surface area contributed by atoms with Crippen molar-refractivity contribution >= 4 is 21.2 Å². The second-order valence-electron chi connectivity index (χ2n) is 4.34. The first-order valence-electron chi connectivity index (χ1n) is 5.30. The van der Waals surface area contributed by atoms with Crippen LogP contribution in [-0.4, -0.2) is 24.0 Å². The zero-order valence-corrected chi connectivity index (χ0v) is 11.1. The van der Waals surface area contributed by atoms with Crippen LogP contribution in [0, 0.1) is 26.1 Å². The number of nitrogens with zero attached hydrogens (tertiary/aromatic N) is 2. The fraction of sp³-hybridized carbons (Fsp3) is 0.400. The number of rotatable bonds is 5. The molecule has 0 aliphatic carbocycles. The minimum absolute atomic E-state index is 0.209. The lowest BCUT2D eigenvalue weighted by molar-refractivity contribution is -0.396. The Morgan fingerprint density at radius 1 is 1.16 bits per heavy atom. The Bertz CT molecular complexity index is 623. The van der Waals surface area contributed by atoms with Crippen LogP contribution in [0.4, 0.5) is 11.4 Å². The van der Waals surface area contributed by atoms with Gasteiger partial charge in [-0.2, -0.15) is 0 Å². The molecule has 0 aromatic heterocycles. The fourth-order valence-electron chi connectivity index (χ4n) is 1.55. The molecule has 9 heteroatoms. The van der Waals surface area contributed by atoms with Gasteiger partial charge in [-0.15, -0.1) is 0 Å². The predicted octanol–water partition coefficient (Wildman–Crippen LogP) is 1.93. The summed E-state index contributed by atoms with van der Waals surface area (Å²) in [4.78, 5) is 19.2. The molecule has 8 nitrogen and oxygen atoms in total. The largest absolute Gasteiger partial charge is 0.294 e. The second-order valence-corrected chi connectivity index (χ2v) is 6.34. The van der Waals surface area contributed by atoms with Crippen LogP contribution in [0.2, 0.25) is 0 Å². The number of hydrogen-bond donors (Lipinski definition) is 0. The van der Waals surface area contributed by atoms with Crippen molar-refractivity contribution in [2.24, 2.45) is 5.92 Å². The first-order chi connectivity index (χ1) is 8.65. The van der Waals surface area contributed by atoms with Crippen LogP contribution in [0.3, 0.4) is 0 Å². The van der Waals surface area contributed by atoms with Gasteiger partial charge in [-0.1, -0.05) is 13.8 Å². The van der Waals surface area contributed by atoms with Crippen molar-refractivity contribution < 1.29 is 18.3 Å². The van der Waals surface area contributed by atoms with Crippen molar-refractivity contribution in [2.75, 3.05) is 5.75 Å². The van der Waals surface area contributed by atoms with Crippen LogP contribution in [0.15, 0.2) is 23.1 Å². The summed E-state index contributed by atoms with van der Waals surface area (Å²) in [5, 5.41) is 21.4. The maximum atomic E-state index is 12.0. The lowest BCUT2D eigenvalue weighted by Crippen LogP contribution is -2.13. The van der Waals surface area contributed by atoms with Gasteiger partial charge in [0, 0.05) is 6.07 Å². The minimum Gasteiger partial charge on any atom is -0.258 e. The molecule has 104 valence electrons. The molecule has 1 aromatic rings. The lowest BCUT2D eigenvalue weighted by atomic mass is 10.3. The second kappa shape index (κ2) is 5.31. The molecule has 1 rings (SSSR count). The van der Waals surface area contributed by atoms with Gasteiger partial charge in [0.05, 0.1) is 21.7 Å². The van der Waals surface area contributed by atoms with Gasteiger partial charge < -0.3 is 0 Å². The molecule has 0 unspecified atom stereocenters. The van der Waals surface area contributed by atoms with Gasteiger partial charge in [0.25, 0.3) is 11.4 Å². The third kappa shape index (κ3) is 3.47. The number of nitro benzene ring substituents is 2. The van der Waals surface area contributed by atoms with Gasteiger partial charge in [0.2, 0.25) is 0 Å². The number of hydrogen-bond acceptors (Lipinski definition) is 6. The fourth-order valence-corrected chi connectivity index (χ4v) is 3.34. The Hall–Kier alpha value is -2.03. The Morgan fingerprint density at radius 3 is 2.16 bits per heavy atom. The van der Waals surface area contributed by atoms with Crippen LogP contribution >= 0.6 is 0 Å². The standard InChI is InChI=1S/C10H12N2O6S/c1-7(2)6-19(17,18)10-4-3-8(11(13)14)5-9(10)12(15)16/h3-5,7H,6H2,1-2H3. The van der Waals surface area contributed by atoms with Crippen molar-refractivity contribution in [2.45, 2.75) is 18.7 Å². The quantitative estimate of drug-likeness (QED) is 0.603. The van der Waals surface area contributed by atoms with E-state index in [2.05, 4.69) is 0 Å². The Labute approximate surface area is 109 Å². The SMILES string of the molecule is CC(C)CS(=O)(=O)c1ccc([N+](=O)[O-])cc1[N+](=O)[O-]. The lowest BCUT2D eigenvalue weighted by Gasteiger charge is -2.07. The van der Waals surface area contributed by atoms with Gasteiger partial charge in [-0.25, -0.2) is 8.42 Å². The predicted molar refractivity (Wildman–Crippen MR) is 66.6 cm³/mol. The van der Waals surface area contributed by atoms with Gasteiger partial charge in [0.1, 0.15) is 4.90 Å². The zero-order chi connectivity index (χ0) is 14.8. The average molecular weight is 288 g/mol. The van der Waals surface area contributed by atoms with E-state index in [4.69, 9.17) is 0 Å². The van der Waals surface area contributed by atoms with Gasteiger partial charge in [-0.3, -0.25) is 20.2 Å². The molecule has 0 bridgehead atoms. The summed E-state index contributed by atoms with van der Waals surface area (Å²) in [7, 11) is -3.84. The van der Waals surface area contributed by atoms with Crippen LogP contribution in [-0.2, 0) is 9.84 Å². The third-order valence-electron chi connectivity index (χ3n) is 2.24. The molecule has 0 heterocycles. The monoisotopic (exact) mass is 288 g/mol. The molecule has 0 N–H and O–H groups in total. The van der Waals surface area contributed by atoms with Gasteiger partial charge >= 0.3 is 0 Å². The molecule has 1 aromatic carbocycles. The van der Waals surface area contributed by atoms with E-state index < -0.39 is 36.0 Å². The molecule has 19 heavy (non-hydrogen) atoms. The molecule has 0 fully saturated rings. The van der Waals surface area contributed by atoms with Crippen molar-refractivity contribution in [3.63, 3.8) is 0 Å². The molecule has 0 atom stereocenters. The topological polar surface area (TPSA) is 120 Å². The van der Waals surface area contributed by atoms with Crippen LogP contribution in [0.25, 0.3) is 0 Å².